The molecule has 1 aliphatic heterocycles. The molecule has 4 rings (SSSR count). The molecule has 0 aliphatic carbocycles. The summed E-state index contributed by atoms with van der Waals surface area (Å²) in [5, 5.41) is 8.73. The second kappa shape index (κ2) is 14.2. The minimum Gasteiger partial charge on any atom is -0.342 e. The molecule has 2 N–H and O–H groups in total. The van der Waals surface area contributed by atoms with Gasteiger partial charge in [0.25, 0.3) is 0 Å². The molecule has 1 unspecified atom stereocenters. The van der Waals surface area contributed by atoms with Gasteiger partial charge in [-0.1, -0.05) is 71.3 Å². The Bertz CT molecular complexity index is 1530. The van der Waals surface area contributed by atoms with Gasteiger partial charge in [0, 0.05) is 42.8 Å². The SMILES string of the molecule is [N-]=[N+]=NCCC(NC(=O)[C@@H]1Cc2ccccc2CN1C(=O)CCC(=O)c1ccccc1)C(=O)Nc1cc(F)ccc1Cl. The highest BCUT2D eigenvalue weighted by atomic mass is 35.5. The smallest absolute Gasteiger partial charge is 0.246 e. The first kappa shape index (κ1) is 30.2. The normalized spacial score (nSPS) is 14.6. The Hall–Kier alpha value is -4.73. The Kier molecular flexibility index (Phi) is 10.3. The summed E-state index contributed by atoms with van der Waals surface area (Å²) < 4.78 is 13.8. The summed E-state index contributed by atoms with van der Waals surface area (Å²) in [6, 6.07) is 17.4. The van der Waals surface area contributed by atoms with Crippen molar-refractivity contribution in [1.82, 2.24) is 10.2 Å². The Labute approximate surface area is 246 Å². The fraction of sp³-hybridized carbons (Fsp3) is 0.267. The maximum absolute atomic E-state index is 13.8. The van der Waals surface area contributed by atoms with Crippen LogP contribution in [0.3, 0.4) is 0 Å². The number of halogens is 2. The maximum Gasteiger partial charge on any atom is 0.246 e. The zero-order valence-electron chi connectivity index (χ0n) is 22.5. The van der Waals surface area contributed by atoms with Crippen LogP contribution < -0.4 is 10.6 Å². The van der Waals surface area contributed by atoms with E-state index < -0.39 is 29.7 Å². The Morgan fingerprint density at radius 1 is 1.02 bits per heavy atom. The number of hydrogen-bond donors (Lipinski definition) is 2. The van der Waals surface area contributed by atoms with E-state index in [1.807, 2.05) is 24.3 Å². The van der Waals surface area contributed by atoms with Gasteiger partial charge in [-0.15, -0.1) is 0 Å². The molecule has 3 amide bonds. The van der Waals surface area contributed by atoms with Gasteiger partial charge >= 0.3 is 0 Å². The van der Waals surface area contributed by atoms with E-state index in [0.29, 0.717) is 5.56 Å². The molecule has 12 heteroatoms. The average molecular weight is 591 g/mol. The molecule has 10 nitrogen and oxygen atoms in total. The van der Waals surface area contributed by atoms with E-state index in [-0.39, 0.29) is 61.2 Å². The highest BCUT2D eigenvalue weighted by Crippen LogP contribution is 2.26. The number of carbonyl (C=O) groups excluding carboxylic acids is 4. The van der Waals surface area contributed by atoms with Gasteiger partial charge < -0.3 is 15.5 Å². The lowest BCUT2D eigenvalue weighted by molar-refractivity contribution is -0.142. The van der Waals surface area contributed by atoms with E-state index in [1.54, 1.807) is 30.3 Å². The summed E-state index contributed by atoms with van der Waals surface area (Å²) in [5.41, 5.74) is 11.0. The predicted octanol–water partition coefficient (Wildman–Crippen LogP) is 5.22. The van der Waals surface area contributed by atoms with Crippen LogP contribution in [0, 0.1) is 5.82 Å². The molecule has 216 valence electrons. The van der Waals surface area contributed by atoms with Crippen LogP contribution in [0.4, 0.5) is 10.1 Å². The Morgan fingerprint density at radius 2 is 1.74 bits per heavy atom. The maximum atomic E-state index is 13.8. The summed E-state index contributed by atoms with van der Waals surface area (Å²) in [7, 11) is 0. The van der Waals surface area contributed by atoms with Crippen molar-refractivity contribution in [3.8, 4) is 0 Å². The predicted molar refractivity (Wildman–Crippen MR) is 155 cm³/mol. The van der Waals surface area contributed by atoms with Crippen molar-refractivity contribution in [2.45, 2.75) is 44.3 Å². The minimum absolute atomic E-state index is 0.0104. The molecular weight excluding hydrogens is 563 g/mol. The van der Waals surface area contributed by atoms with Crippen LogP contribution in [0.25, 0.3) is 10.4 Å². The molecule has 0 aromatic heterocycles. The highest BCUT2D eigenvalue weighted by Gasteiger charge is 2.36. The van der Waals surface area contributed by atoms with Crippen LogP contribution >= 0.6 is 11.6 Å². The van der Waals surface area contributed by atoms with E-state index in [9.17, 15) is 23.6 Å². The van der Waals surface area contributed by atoms with Gasteiger partial charge in [0.15, 0.2) is 5.78 Å². The van der Waals surface area contributed by atoms with E-state index in [2.05, 4.69) is 20.7 Å². The second-order valence-corrected chi connectivity index (χ2v) is 10.1. The molecule has 3 aromatic rings. The lowest BCUT2D eigenvalue weighted by Gasteiger charge is -2.36. The van der Waals surface area contributed by atoms with Crippen LogP contribution in [0.2, 0.25) is 5.02 Å². The van der Waals surface area contributed by atoms with Gasteiger partial charge in [0.05, 0.1) is 10.7 Å². The molecule has 0 saturated carbocycles. The first-order chi connectivity index (χ1) is 20.3. The number of benzene rings is 3. The molecule has 0 fully saturated rings. The Morgan fingerprint density at radius 3 is 2.48 bits per heavy atom. The number of anilines is 1. The van der Waals surface area contributed by atoms with Crippen molar-refractivity contribution in [2.75, 3.05) is 11.9 Å². The third-order valence-corrected chi connectivity index (χ3v) is 7.26. The van der Waals surface area contributed by atoms with Crippen LogP contribution in [0.1, 0.15) is 40.7 Å². The van der Waals surface area contributed by atoms with E-state index >= 15 is 0 Å². The molecule has 0 saturated heterocycles. The van der Waals surface area contributed by atoms with Crippen molar-refractivity contribution >= 4 is 40.8 Å². The third-order valence-electron chi connectivity index (χ3n) is 6.93. The van der Waals surface area contributed by atoms with Crippen LogP contribution in [-0.2, 0) is 27.3 Å². The van der Waals surface area contributed by atoms with Gasteiger partial charge in [-0.25, -0.2) is 4.39 Å². The fourth-order valence-corrected chi connectivity index (χ4v) is 4.90. The Balaban J connectivity index is 1.52. The molecule has 3 aromatic carbocycles. The van der Waals surface area contributed by atoms with Gasteiger partial charge in [-0.2, -0.15) is 0 Å². The van der Waals surface area contributed by atoms with Crippen LogP contribution in [0.15, 0.2) is 77.9 Å². The molecule has 1 aliphatic rings. The molecule has 2 atom stereocenters. The molecule has 0 bridgehead atoms. The van der Waals surface area contributed by atoms with Crippen molar-refractivity contribution in [2.24, 2.45) is 5.11 Å². The number of ketones is 1. The zero-order chi connectivity index (χ0) is 30.1. The summed E-state index contributed by atoms with van der Waals surface area (Å²) in [4.78, 5) is 57.0. The van der Waals surface area contributed by atoms with Crippen molar-refractivity contribution in [3.63, 3.8) is 0 Å². The lowest BCUT2D eigenvalue weighted by Crippen LogP contribution is -2.56. The highest BCUT2D eigenvalue weighted by molar-refractivity contribution is 6.33. The quantitative estimate of drug-likeness (QED) is 0.136. The van der Waals surface area contributed by atoms with Gasteiger partial charge in [-0.05, 0) is 41.3 Å². The summed E-state index contributed by atoms with van der Waals surface area (Å²) in [6.45, 7) is 0.0462. The molecule has 0 spiro atoms. The standard InChI is InChI=1S/C30H28ClFN6O4/c31-23-11-10-22(32)17-25(23)36-29(41)24(14-15-34-37-33)35-30(42)26-16-20-8-4-5-9-21(20)18-38(26)28(40)13-12-27(39)19-6-2-1-3-7-19/h1-11,17,24,26H,12-16,18H2,(H,35,42)(H,36,41)/t24?,26-/m0/s1. The van der Waals surface area contributed by atoms with E-state index in [0.717, 1.165) is 23.3 Å². The van der Waals surface area contributed by atoms with Crippen molar-refractivity contribution in [1.29, 1.82) is 0 Å². The summed E-state index contributed by atoms with van der Waals surface area (Å²) in [5.74, 6) is -2.49. The number of nitrogens with one attached hydrogen (secondary N) is 2. The topological polar surface area (TPSA) is 144 Å². The summed E-state index contributed by atoms with van der Waals surface area (Å²) >= 11 is 6.09. The van der Waals surface area contributed by atoms with Crippen molar-refractivity contribution < 1.29 is 23.6 Å². The first-order valence-corrected chi connectivity index (χ1v) is 13.7. The number of rotatable bonds is 11. The number of carbonyl (C=O) groups is 4. The minimum atomic E-state index is -1.18. The van der Waals surface area contributed by atoms with Gasteiger partial charge in [-0.3, -0.25) is 19.2 Å². The molecular formula is C30H28ClFN6O4. The molecule has 42 heavy (non-hydrogen) atoms. The summed E-state index contributed by atoms with van der Waals surface area (Å²) in [6.07, 6.45) is 0.0116. The largest absolute Gasteiger partial charge is 0.342 e. The van der Waals surface area contributed by atoms with Crippen molar-refractivity contribution in [3.05, 3.63) is 111 Å². The number of azide groups is 1. The first-order valence-electron chi connectivity index (χ1n) is 13.3. The average Bonchev–Trinajstić information content (AvgIpc) is 3.00. The number of hydrogen-bond acceptors (Lipinski definition) is 5. The number of Topliss-reactive ketones (excluding diaryl/α,β-unsaturated/α-hetero) is 1. The number of amides is 3. The van der Waals surface area contributed by atoms with Crippen LogP contribution in [0.5, 0.6) is 0 Å². The third kappa shape index (κ3) is 7.72. The molecule has 1 heterocycles. The number of nitrogens with zero attached hydrogens (tertiary/aromatic N) is 4. The monoisotopic (exact) mass is 590 g/mol. The fourth-order valence-electron chi connectivity index (χ4n) is 4.73. The van der Waals surface area contributed by atoms with Crippen LogP contribution in [-0.4, -0.2) is 47.0 Å². The van der Waals surface area contributed by atoms with Gasteiger partial charge in [0.2, 0.25) is 17.7 Å². The zero-order valence-corrected chi connectivity index (χ0v) is 23.3. The van der Waals surface area contributed by atoms with Gasteiger partial charge in [0.1, 0.15) is 17.9 Å². The van der Waals surface area contributed by atoms with E-state index in [4.69, 9.17) is 17.1 Å². The lowest BCUT2D eigenvalue weighted by atomic mass is 9.92. The molecule has 0 radical (unpaired) electrons. The second-order valence-electron chi connectivity index (χ2n) is 9.72. The number of fused-ring (bicyclic) bond motifs is 1. The van der Waals surface area contributed by atoms with E-state index in [1.165, 1.54) is 11.0 Å².